The number of ether oxygens (including phenoxy) is 1. The van der Waals surface area contributed by atoms with Gasteiger partial charge in [0.25, 0.3) is 0 Å². The third-order valence-electron chi connectivity index (χ3n) is 2.97. The van der Waals surface area contributed by atoms with Gasteiger partial charge < -0.3 is 12.7 Å². The predicted molar refractivity (Wildman–Crippen MR) is 76.3 cm³/mol. The molecule has 21 heavy (non-hydrogen) atoms. The van der Waals surface area contributed by atoms with Crippen LogP contribution in [0, 0.1) is 0 Å². The van der Waals surface area contributed by atoms with Crippen LogP contribution in [-0.2, 0) is 14.3 Å². The smallest absolute Gasteiger partial charge is 1.00 e. The maximum Gasteiger partial charge on any atom is 1.00 e. The van der Waals surface area contributed by atoms with Gasteiger partial charge in [0, 0.05) is 0 Å². The number of carboxylic acid groups (broad SMARTS) is 1. The zero-order valence-electron chi connectivity index (χ0n) is 16.3. The maximum absolute atomic E-state index is 11.6. The summed E-state index contributed by atoms with van der Waals surface area (Å²) in [7, 11) is 0. The Kier molecular flexibility index (Phi) is 22.0. The molecule has 0 aromatic heterocycles. The van der Waals surface area contributed by atoms with Crippen molar-refractivity contribution in [1.29, 1.82) is 0 Å². The van der Waals surface area contributed by atoms with Crippen LogP contribution in [0.2, 0.25) is 0 Å². The molecule has 0 aliphatic carbocycles. The van der Waals surface area contributed by atoms with Crippen molar-refractivity contribution in [2.45, 2.75) is 71.4 Å². The quantitative estimate of drug-likeness (QED) is 0.235. The second kappa shape index (κ2) is 17.3. The topological polar surface area (TPSA) is 75.6 Å². The van der Waals surface area contributed by atoms with Crippen molar-refractivity contribution in [2.75, 3.05) is 6.61 Å². The molecule has 2 unspecified atom stereocenters. The van der Waals surface area contributed by atoms with Gasteiger partial charge in [0.05, 0.1) is 6.61 Å². The Morgan fingerprint density at radius 3 is 2.10 bits per heavy atom. The predicted octanol–water partition coefficient (Wildman–Crippen LogP) is -3.43. The van der Waals surface area contributed by atoms with Gasteiger partial charge in [-0.1, -0.05) is 39.0 Å². The Balaban J connectivity index is -0.000000270. The largest absolute Gasteiger partial charge is 1.00 e. The van der Waals surface area contributed by atoms with Crippen LogP contribution in [-0.4, -0.2) is 35.7 Å². The molecule has 0 aliphatic rings. The molecule has 2 atom stereocenters. The van der Waals surface area contributed by atoms with Crippen LogP contribution in [0.4, 0.5) is 0 Å². The molecule has 7 heteroatoms. The van der Waals surface area contributed by atoms with Crippen molar-refractivity contribution < 1.29 is 81.4 Å². The molecule has 116 valence electrons. The van der Waals surface area contributed by atoms with Crippen molar-refractivity contribution >= 4 is 11.9 Å². The number of esters is 1. The molecule has 0 fully saturated rings. The average molecular weight is 321 g/mol. The average Bonchev–Trinajstić information content (AvgIpc) is 2.37. The molecular formula is C14H29NNa2O4. The van der Waals surface area contributed by atoms with E-state index in [0.717, 1.165) is 12.8 Å². The van der Waals surface area contributed by atoms with E-state index in [1.165, 1.54) is 32.6 Å². The molecule has 0 bridgehead atoms. The Morgan fingerprint density at radius 2 is 1.57 bits per heavy atom. The molecule has 5 nitrogen and oxygen atoms in total. The summed E-state index contributed by atoms with van der Waals surface area (Å²) in [6.45, 7) is 5.70. The zero-order valence-corrected chi connectivity index (χ0v) is 18.3. The number of unbranched alkanes of at least 4 members (excludes halogenated alkanes) is 5. The van der Waals surface area contributed by atoms with Gasteiger partial charge in [-0.05, 0) is 20.3 Å². The van der Waals surface area contributed by atoms with Crippen LogP contribution >= 0.6 is 0 Å². The van der Waals surface area contributed by atoms with E-state index in [4.69, 9.17) is 9.84 Å². The molecule has 0 radical (unpaired) electrons. The number of rotatable bonds is 11. The number of hydrogen-bond donors (Lipinski definition) is 2. The van der Waals surface area contributed by atoms with Crippen molar-refractivity contribution in [1.82, 2.24) is 5.32 Å². The Labute approximate surface area is 175 Å². The van der Waals surface area contributed by atoms with E-state index in [1.807, 2.05) is 0 Å². The molecule has 0 spiro atoms. The second-order valence-electron chi connectivity index (χ2n) is 4.88. The number of nitrogens with one attached hydrogen (secondary N) is 1. The van der Waals surface area contributed by atoms with E-state index >= 15 is 0 Å². The van der Waals surface area contributed by atoms with Crippen LogP contribution in [0.1, 0.15) is 62.1 Å². The summed E-state index contributed by atoms with van der Waals surface area (Å²) in [4.78, 5) is 22.2. The maximum atomic E-state index is 11.6. The van der Waals surface area contributed by atoms with Gasteiger partial charge >= 0.3 is 71.1 Å². The minimum atomic E-state index is -0.976. The summed E-state index contributed by atoms with van der Waals surface area (Å²) in [5, 5.41) is 11.4. The standard InChI is InChI=1S/C14H27NO4.2Na.2H/c1-4-5-6-7-8-9-10-19-14(18)12(3)15-11(2)13(16)17;;;;/h11-12,15H,4-10H2,1-3H3,(H,16,17);;;;/q;2*+1;2*-1. The van der Waals surface area contributed by atoms with E-state index in [9.17, 15) is 9.59 Å². The number of hydrogen-bond acceptors (Lipinski definition) is 4. The third-order valence-corrected chi connectivity index (χ3v) is 2.97. The summed E-state index contributed by atoms with van der Waals surface area (Å²) in [6.07, 6.45) is 6.83. The fourth-order valence-corrected chi connectivity index (χ4v) is 1.69. The zero-order chi connectivity index (χ0) is 14.7. The van der Waals surface area contributed by atoms with Gasteiger partial charge in [-0.2, -0.15) is 0 Å². The summed E-state index contributed by atoms with van der Waals surface area (Å²) in [5.74, 6) is -1.36. The molecule has 0 rings (SSSR count). The van der Waals surface area contributed by atoms with Crippen LogP contribution in [0.25, 0.3) is 0 Å². The normalized spacial score (nSPS) is 12.5. The van der Waals surface area contributed by atoms with Gasteiger partial charge in [0.2, 0.25) is 0 Å². The molecule has 0 saturated heterocycles. The molecule has 0 saturated carbocycles. The van der Waals surface area contributed by atoms with Crippen LogP contribution in [0.3, 0.4) is 0 Å². The Morgan fingerprint density at radius 1 is 1.05 bits per heavy atom. The monoisotopic (exact) mass is 321 g/mol. The van der Waals surface area contributed by atoms with E-state index in [2.05, 4.69) is 12.2 Å². The fourth-order valence-electron chi connectivity index (χ4n) is 1.69. The van der Waals surface area contributed by atoms with Crippen molar-refractivity contribution in [3.8, 4) is 0 Å². The summed E-state index contributed by atoms with van der Waals surface area (Å²) >= 11 is 0. The first-order valence-electron chi connectivity index (χ1n) is 7.14. The van der Waals surface area contributed by atoms with Crippen molar-refractivity contribution in [3.05, 3.63) is 0 Å². The van der Waals surface area contributed by atoms with Crippen molar-refractivity contribution in [2.24, 2.45) is 0 Å². The van der Waals surface area contributed by atoms with Gasteiger partial charge in [-0.3, -0.25) is 14.9 Å². The first kappa shape index (κ1) is 26.8. The Bertz CT molecular complexity index is 288. The van der Waals surface area contributed by atoms with E-state index in [-0.39, 0.29) is 67.9 Å². The van der Waals surface area contributed by atoms with Crippen LogP contribution in [0.5, 0.6) is 0 Å². The minimum Gasteiger partial charge on any atom is -1.00 e. The third kappa shape index (κ3) is 15.6. The second-order valence-corrected chi connectivity index (χ2v) is 4.88. The van der Waals surface area contributed by atoms with Crippen LogP contribution in [0.15, 0.2) is 0 Å². The summed E-state index contributed by atoms with van der Waals surface area (Å²) in [5.41, 5.74) is 0. The van der Waals surface area contributed by atoms with Gasteiger partial charge in [-0.25, -0.2) is 0 Å². The molecule has 0 aromatic carbocycles. The molecule has 2 N–H and O–H groups in total. The molecule has 0 aromatic rings. The number of carboxylic acids is 1. The number of aliphatic carboxylic acids is 1. The van der Waals surface area contributed by atoms with E-state index in [1.54, 1.807) is 6.92 Å². The van der Waals surface area contributed by atoms with Crippen molar-refractivity contribution in [3.63, 3.8) is 0 Å². The number of carbonyl (C=O) groups excluding carboxylic acids is 1. The first-order chi connectivity index (χ1) is 8.99. The van der Waals surface area contributed by atoms with Gasteiger partial charge in [0.15, 0.2) is 0 Å². The van der Waals surface area contributed by atoms with Gasteiger partial charge in [-0.15, -0.1) is 0 Å². The fraction of sp³-hybridized carbons (Fsp3) is 0.857. The van der Waals surface area contributed by atoms with Crippen LogP contribution < -0.4 is 64.4 Å². The first-order valence-corrected chi connectivity index (χ1v) is 7.14. The molecule has 0 aliphatic heterocycles. The van der Waals surface area contributed by atoms with Gasteiger partial charge in [0.1, 0.15) is 12.1 Å². The SMILES string of the molecule is CCCCCCCCOC(=O)C(C)NC(C)C(=O)O.[H-].[H-].[Na+].[Na+]. The minimum absolute atomic E-state index is 0. The number of carbonyl (C=O) groups is 2. The summed E-state index contributed by atoms with van der Waals surface area (Å²) < 4.78 is 5.10. The molecule has 0 heterocycles. The van der Waals surface area contributed by atoms with E-state index < -0.39 is 18.1 Å². The molecular weight excluding hydrogens is 292 g/mol. The molecule has 0 amide bonds. The summed E-state index contributed by atoms with van der Waals surface area (Å²) in [6, 6.07) is -1.34. The van der Waals surface area contributed by atoms with E-state index in [0.29, 0.717) is 6.61 Å². The Hall–Kier alpha value is 0.900.